The average molecular weight is 1280 g/mol. The second-order valence-corrected chi connectivity index (χ2v) is 24.0. The fraction of sp³-hybridized carbons (Fsp3) is 0.477. The molecule has 1 amide bonds. The molecule has 2 aliphatic heterocycles. The molecule has 0 spiro atoms. The van der Waals surface area contributed by atoms with Crippen molar-refractivity contribution >= 4 is 55.4 Å². The minimum Gasteiger partial charge on any atom is -0.497 e. The Morgan fingerprint density at radius 2 is 1.29 bits per heavy atom. The molecule has 25 nitrogen and oxygen atoms in total. The van der Waals surface area contributed by atoms with Crippen molar-refractivity contribution in [1.82, 2.24) is 24.2 Å². The van der Waals surface area contributed by atoms with E-state index in [4.69, 9.17) is 66.1 Å². The van der Waals surface area contributed by atoms with Crippen LogP contribution in [0.1, 0.15) is 116 Å². The largest absolute Gasteiger partial charge is 0.497 e. The number of carbonyl (C=O) groups is 5. The number of amides is 1. The molecule has 1 unspecified atom stereocenters. The molecule has 4 heterocycles. The zero-order valence-electron chi connectivity index (χ0n) is 53.2. The van der Waals surface area contributed by atoms with Crippen LogP contribution >= 0.6 is 8.53 Å². The highest BCUT2D eigenvalue weighted by Gasteiger charge is 2.53. The van der Waals surface area contributed by atoms with E-state index in [1.807, 2.05) is 119 Å². The molecule has 4 aromatic carbocycles. The quantitative estimate of drug-likeness (QED) is 0.0140. The Morgan fingerprint density at radius 3 is 1.86 bits per heavy atom. The molecular weight excluding hydrogens is 1200 g/mol. The molecule has 0 saturated carbocycles. The lowest BCUT2D eigenvalue weighted by Gasteiger charge is -2.44. The van der Waals surface area contributed by atoms with Gasteiger partial charge in [0.2, 0.25) is 5.95 Å². The smallest absolute Gasteiger partial charge is 0.303 e. The molecule has 0 bridgehead atoms. The third-order valence-electron chi connectivity index (χ3n) is 14.9. The van der Waals surface area contributed by atoms with Crippen molar-refractivity contribution in [3.63, 3.8) is 0 Å². The predicted molar refractivity (Wildman–Crippen MR) is 332 cm³/mol. The summed E-state index contributed by atoms with van der Waals surface area (Å²) in [7, 11) is 1.22. The molecule has 2 saturated heterocycles. The summed E-state index contributed by atoms with van der Waals surface area (Å²) in [6.07, 6.45) is -7.55. The van der Waals surface area contributed by atoms with Crippen molar-refractivity contribution in [3.05, 3.63) is 142 Å². The third kappa shape index (κ3) is 17.6. The number of anilines is 1. The van der Waals surface area contributed by atoms with Crippen molar-refractivity contribution in [2.75, 3.05) is 52.6 Å². The number of benzene rings is 4. The van der Waals surface area contributed by atoms with E-state index >= 15 is 0 Å². The molecular formula is C65H81N6O19P. The number of rotatable bonds is 30. The van der Waals surface area contributed by atoms with Crippen LogP contribution in [0.25, 0.3) is 11.2 Å². The summed E-state index contributed by atoms with van der Waals surface area (Å²) >= 11 is 0. The molecule has 91 heavy (non-hydrogen) atoms. The van der Waals surface area contributed by atoms with Crippen LogP contribution in [0.3, 0.4) is 0 Å². The van der Waals surface area contributed by atoms with Gasteiger partial charge in [-0.2, -0.15) is 4.98 Å². The van der Waals surface area contributed by atoms with E-state index in [-0.39, 0.29) is 68.5 Å². The second-order valence-electron chi connectivity index (χ2n) is 22.6. The fourth-order valence-electron chi connectivity index (χ4n) is 10.8. The Hall–Kier alpha value is -7.87. The van der Waals surface area contributed by atoms with Gasteiger partial charge in [-0.25, -0.2) is 9.65 Å². The highest BCUT2D eigenvalue weighted by molar-refractivity contribution is 7.44. The van der Waals surface area contributed by atoms with Gasteiger partial charge in [0.1, 0.15) is 47.9 Å². The summed E-state index contributed by atoms with van der Waals surface area (Å²) in [5.41, 5.74) is 1.67. The lowest BCUT2D eigenvalue weighted by molar-refractivity contribution is -0.308. The number of H-pyrrole nitrogens is 1. The molecule has 2 aliphatic rings. The number of carbonyl (C=O) groups excluding carboxylic acids is 5. The molecule has 2 N–H and O–H groups in total. The number of fused-ring (bicyclic) bond motifs is 1. The number of methoxy groups -OCH3 is 2. The number of esters is 4. The Labute approximate surface area is 529 Å². The first-order valence-electron chi connectivity index (χ1n) is 30.0. The summed E-state index contributed by atoms with van der Waals surface area (Å²) < 4.78 is 83.7. The number of hydrogen-bond acceptors (Lipinski definition) is 22. The van der Waals surface area contributed by atoms with Crippen LogP contribution in [0.2, 0.25) is 0 Å². The van der Waals surface area contributed by atoms with Crippen LogP contribution in [-0.2, 0) is 76.5 Å². The molecule has 2 fully saturated rings. The number of nitrogens with one attached hydrogen (secondary N) is 2. The summed E-state index contributed by atoms with van der Waals surface area (Å²) in [5.74, 6) is -1.60. The van der Waals surface area contributed by atoms with Crippen LogP contribution in [0, 0.1) is 0 Å². The molecule has 6 aromatic rings. The Morgan fingerprint density at radius 1 is 0.703 bits per heavy atom. The Kier molecular flexibility index (Phi) is 24.2. The molecule has 26 heteroatoms. The standard InChI is InChI=1S/C65H81N6O19P/c1-38(2)45-19-25-51(26-20-45)82-36-55(76)67-64-68-61-57(62(77)69-64)66-37-70(61)56-33-52(53(88-56)35-83-65(46-17-14-13-15-18-46,47-21-27-49(78-11)28-22-47)48-23-29-50(79-12)30-24-48)90-91(71(39(3)4)40(5)6)84-32-16-31-80-63-60(87-44(10)75)59(86-43(9)74)58(85-42(8)73)54(89-63)34-81-41(7)72/h13-15,17-30,37-40,52-54,56,58-60,63H,16,31-36H2,1-12H3,(H2,67,68,69,76,77)/t52-,53+,54+,56+,58+,59-,60+,63+,91?/m0/s1. The van der Waals surface area contributed by atoms with Gasteiger partial charge in [-0.1, -0.05) is 80.6 Å². The summed E-state index contributed by atoms with van der Waals surface area (Å²) in [4.78, 5) is 88.3. The van der Waals surface area contributed by atoms with Gasteiger partial charge in [-0.3, -0.25) is 43.6 Å². The zero-order valence-corrected chi connectivity index (χ0v) is 54.1. The van der Waals surface area contributed by atoms with Gasteiger partial charge >= 0.3 is 23.9 Å². The minimum atomic E-state index is -1.98. The van der Waals surface area contributed by atoms with Gasteiger partial charge in [-0.15, -0.1) is 0 Å². The van der Waals surface area contributed by atoms with Crippen molar-refractivity contribution < 1.29 is 85.1 Å². The fourth-order valence-corrected chi connectivity index (χ4v) is 12.6. The molecule has 9 atom stereocenters. The number of imidazole rings is 1. The Bertz CT molecular complexity index is 3390. The van der Waals surface area contributed by atoms with Crippen molar-refractivity contribution in [2.45, 2.75) is 155 Å². The second kappa shape index (κ2) is 31.9. The van der Waals surface area contributed by atoms with E-state index in [1.165, 1.54) is 13.3 Å². The number of hydrogen-bond donors (Lipinski definition) is 2. The molecule has 8 rings (SSSR count). The van der Waals surface area contributed by atoms with Crippen LogP contribution in [-0.4, -0.2) is 156 Å². The maximum absolute atomic E-state index is 13.7. The normalized spacial score (nSPS) is 20.4. The van der Waals surface area contributed by atoms with Crippen molar-refractivity contribution in [2.24, 2.45) is 0 Å². The highest BCUT2D eigenvalue weighted by Crippen LogP contribution is 2.51. The summed E-state index contributed by atoms with van der Waals surface area (Å²) in [5, 5.41) is 2.66. The van der Waals surface area contributed by atoms with E-state index in [9.17, 15) is 28.8 Å². The maximum Gasteiger partial charge on any atom is 0.303 e. The van der Waals surface area contributed by atoms with Gasteiger partial charge in [0, 0.05) is 46.2 Å². The zero-order chi connectivity index (χ0) is 65.5. The van der Waals surface area contributed by atoms with Gasteiger partial charge in [0.25, 0.3) is 20.0 Å². The SMILES string of the molecule is COc1ccc(C(OC[C@H]2O[C@@H](n3cnc4c(=O)[nH]c(NC(=O)COc5ccc(C(C)C)cc5)nc43)C[C@@H]2OP(OCCCO[C@@H]2O[C@H](COC(C)=O)[C@@H](OC(C)=O)[C@H](OC(C)=O)[C@H]2OC(C)=O)N(C(C)C)C(C)C)(c2ccccc2)c2ccc(OC)cc2)cc1. The molecule has 0 aliphatic carbocycles. The number of aromatic nitrogens is 4. The average Bonchev–Trinajstić information content (AvgIpc) is 1.70. The van der Waals surface area contributed by atoms with Gasteiger partial charge in [-0.05, 0) is 98.7 Å². The van der Waals surface area contributed by atoms with Crippen LogP contribution < -0.4 is 25.1 Å². The minimum absolute atomic E-state index is 0.00945. The molecule has 490 valence electrons. The van der Waals surface area contributed by atoms with Gasteiger partial charge < -0.3 is 61.2 Å². The van der Waals surface area contributed by atoms with Crippen LogP contribution in [0.15, 0.2) is 114 Å². The highest BCUT2D eigenvalue weighted by atomic mass is 31.2. The summed E-state index contributed by atoms with van der Waals surface area (Å²) in [6.45, 7) is 15.9. The topological polar surface area (TPSA) is 284 Å². The monoisotopic (exact) mass is 1280 g/mol. The first kappa shape index (κ1) is 69.0. The van der Waals surface area contributed by atoms with E-state index in [2.05, 4.69) is 33.8 Å². The van der Waals surface area contributed by atoms with Gasteiger partial charge in [0.15, 0.2) is 42.4 Å². The summed E-state index contributed by atoms with van der Waals surface area (Å²) in [6, 6.07) is 32.3. The van der Waals surface area contributed by atoms with Crippen LogP contribution in [0.4, 0.5) is 5.95 Å². The van der Waals surface area contributed by atoms with Crippen LogP contribution in [0.5, 0.6) is 17.2 Å². The van der Waals surface area contributed by atoms with E-state index in [0.29, 0.717) is 23.2 Å². The molecule has 0 radical (unpaired) electrons. The maximum atomic E-state index is 13.7. The number of nitrogens with zero attached hydrogens (tertiary/aromatic N) is 4. The van der Waals surface area contributed by atoms with Crippen molar-refractivity contribution in [3.8, 4) is 17.2 Å². The van der Waals surface area contributed by atoms with E-state index in [0.717, 1.165) is 43.0 Å². The van der Waals surface area contributed by atoms with Crippen molar-refractivity contribution in [1.29, 1.82) is 0 Å². The van der Waals surface area contributed by atoms with E-state index in [1.54, 1.807) is 30.9 Å². The Balaban J connectivity index is 1.11. The first-order valence-corrected chi connectivity index (χ1v) is 31.2. The predicted octanol–water partition coefficient (Wildman–Crippen LogP) is 8.81. The molecule has 2 aromatic heterocycles. The number of aromatic amines is 1. The van der Waals surface area contributed by atoms with Gasteiger partial charge in [0.05, 0.1) is 46.5 Å². The lowest BCUT2D eigenvalue weighted by Crippen LogP contribution is -2.63. The lowest BCUT2D eigenvalue weighted by atomic mass is 9.80. The third-order valence-corrected chi connectivity index (χ3v) is 17.1. The first-order chi connectivity index (χ1) is 43.6. The number of ether oxygens (including phenoxy) is 11. The van der Waals surface area contributed by atoms with E-state index < -0.39 is 105 Å².